The lowest BCUT2D eigenvalue weighted by atomic mass is 10.0. The highest BCUT2D eigenvalue weighted by Gasteiger charge is 2.49. The van der Waals surface area contributed by atoms with E-state index in [-0.39, 0.29) is 23.7 Å². The first-order valence-electron chi connectivity index (χ1n) is 8.68. The van der Waals surface area contributed by atoms with Crippen LogP contribution in [0.3, 0.4) is 0 Å². The van der Waals surface area contributed by atoms with E-state index in [4.69, 9.17) is 4.74 Å². The highest BCUT2D eigenvalue weighted by molar-refractivity contribution is 6.16. The van der Waals surface area contributed by atoms with E-state index in [0.717, 1.165) is 0 Å². The Morgan fingerprint density at radius 2 is 1.82 bits per heavy atom. The van der Waals surface area contributed by atoms with Crippen molar-refractivity contribution in [3.05, 3.63) is 76.5 Å². The SMILES string of the molecule is CCOC(=O)[C@]1(C)C=C(Nc2ccccc2[N+](=O)[O-])C(=O)N1c1ccccc1. The van der Waals surface area contributed by atoms with Crippen molar-refractivity contribution in [2.45, 2.75) is 19.4 Å². The van der Waals surface area contributed by atoms with Crippen LogP contribution in [-0.2, 0) is 14.3 Å². The summed E-state index contributed by atoms with van der Waals surface area (Å²) < 4.78 is 5.18. The molecular formula is C20H19N3O5. The number of carbonyl (C=O) groups is 2. The number of carbonyl (C=O) groups excluding carboxylic acids is 2. The molecule has 1 heterocycles. The van der Waals surface area contributed by atoms with Gasteiger partial charge in [-0.25, -0.2) is 4.79 Å². The van der Waals surface area contributed by atoms with Crippen molar-refractivity contribution in [2.75, 3.05) is 16.8 Å². The highest BCUT2D eigenvalue weighted by atomic mass is 16.6. The summed E-state index contributed by atoms with van der Waals surface area (Å²) in [5.74, 6) is -1.08. The number of para-hydroxylation sites is 3. The number of ether oxygens (including phenoxy) is 1. The van der Waals surface area contributed by atoms with Gasteiger partial charge in [-0.3, -0.25) is 19.8 Å². The quantitative estimate of drug-likeness (QED) is 0.468. The average molecular weight is 381 g/mol. The molecule has 0 unspecified atom stereocenters. The fourth-order valence-corrected chi connectivity index (χ4v) is 3.10. The Balaban J connectivity index is 2.04. The normalized spacial score (nSPS) is 18.6. The molecule has 0 spiro atoms. The second-order valence-corrected chi connectivity index (χ2v) is 6.30. The zero-order valence-corrected chi connectivity index (χ0v) is 15.4. The van der Waals surface area contributed by atoms with Crippen molar-refractivity contribution in [1.82, 2.24) is 0 Å². The summed E-state index contributed by atoms with van der Waals surface area (Å²) in [6.45, 7) is 3.41. The number of hydrogen-bond acceptors (Lipinski definition) is 6. The molecule has 1 atom stereocenters. The molecule has 2 aromatic rings. The zero-order valence-electron chi connectivity index (χ0n) is 15.4. The first-order valence-corrected chi connectivity index (χ1v) is 8.68. The van der Waals surface area contributed by atoms with Gasteiger partial charge in [0.1, 0.15) is 11.4 Å². The van der Waals surface area contributed by atoms with Crippen molar-refractivity contribution in [1.29, 1.82) is 0 Å². The number of amides is 1. The third kappa shape index (κ3) is 3.32. The Labute approximate surface area is 161 Å². The second-order valence-electron chi connectivity index (χ2n) is 6.30. The Kier molecular flexibility index (Phi) is 5.12. The van der Waals surface area contributed by atoms with E-state index in [9.17, 15) is 19.7 Å². The minimum atomic E-state index is -1.39. The van der Waals surface area contributed by atoms with E-state index >= 15 is 0 Å². The molecule has 1 N–H and O–H groups in total. The Morgan fingerprint density at radius 3 is 2.46 bits per heavy atom. The Bertz CT molecular complexity index is 957. The lowest BCUT2D eigenvalue weighted by Gasteiger charge is -2.32. The maximum atomic E-state index is 13.1. The smallest absolute Gasteiger partial charge is 0.336 e. The number of nitrogens with one attached hydrogen (secondary N) is 1. The molecule has 0 saturated heterocycles. The molecule has 2 aromatic carbocycles. The second kappa shape index (κ2) is 7.51. The molecule has 144 valence electrons. The van der Waals surface area contributed by atoms with Crippen LogP contribution in [0.4, 0.5) is 17.1 Å². The van der Waals surface area contributed by atoms with Crippen molar-refractivity contribution in [3.8, 4) is 0 Å². The third-order valence-electron chi connectivity index (χ3n) is 4.40. The molecule has 0 bridgehead atoms. The molecule has 0 fully saturated rings. The molecule has 3 rings (SSSR count). The van der Waals surface area contributed by atoms with Gasteiger partial charge in [-0.15, -0.1) is 0 Å². The molecule has 1 aliphatic rings. The summed E-state index contributed by atoms with van der Waals surface area (Å²) in [7, 11) is 0. The molecule has 1 aliphatic heterocycles. The maximum absolute atomic E-state index is 13.1. The van der Waals surface area contributed by atoms with E-state index in [2.05, 4.69) is 5.32 Å². The number of rotatable bonds is 6. The van der Waals surface area contributed by atoms with Crippen molar-refractivity contribution in [2.24, 2.45) is 0 Å². The molecule has 0 aromatic heterocycles. The maximum Gasteiger partial charge on any atom is 0.336 e. The first-order chi connectivity index (χ1) is 13.4. The fourth-order valence-electron chi connectivity index (χ4n) is 3.10. The highest BCUT2D eigenvalue weighted by Crippen LogP contribution is 2.36. The summed E-state index contributed by atoms with van der Waals surface area (Å²) in [4.78, 5) is 37.8. The van der Waals surface area contributed by atoms with Gasteiger partial charge in [0.05, 0.1) is 11.5 Å². The van der Waals surface area contributed by atoms with E-state index in [1.54, 1.807) is 50.2 Å². The summed E-state index contributed by atoms with van der Waals surface area (Å²) in [5, 5.41) is 14.1. The van der Waals surface area contributed by atoms with Crippen LogP contribution < -0.4 is 10.2 Å². The third-order valence-corrected chi connectivity index (χ3v) is 4.40. The predicted molar refractivity (Wildman–Crippen MR) is 104 cm³/mol. The van der Waals surface area contributed by atoms with Gasteiger partial charge in [-0.05, 0) is 38.1 Å². The minimum absolute atomic E-state index is 0.0636. The Hall–Kier alpha value is -3.68. The Morgan fingerprint density at radius 1 is 1.18 bits per heavy atom. The first kappa shape index (κ1) is 19.1. The molecule has 8 heteroatoms. The number of nitro benzene ring substituents is 1. The van der Waals surface area contributed by atoms with Crippen LogP contribution in [0.2, 0.25) is 0 Å². The monoisotopic (exact) mass is 381 g/mol. The number of anilines is 2. The largest absolute Gasteiger partial charge is 0.464 e. The van der Waals surface area contributed by atoms with Gasteiger partial charge in [-0.1, -0.05) is 30.3 Å². The molecular weight excluding hydrogens is 362 g/mol. The molecule has 0 aliphatic carbocycles. The topological polar surface area (TPSA) is 102 Å². The van der Waals surface area contributed by atoms with Gasteiger partial charge in [0.2, 0.25) is 0 Å². The van der Waals surface area contributed by atoms with Gasteiger partial charge < -0.3 is 10.1 Å². The van der Waals surface area contributed by atoms with Crippen LogP contribution in [0.25, 0.3) is 0 Å². The number of benzene rings is 2. The van der Waals surface area contributed by atoms with Crippen molar-refractivity contribution < 1.29 is 19.2 Å². The molecule has 0 saturated carbocycles. The van der Waals surface area contributed by atoms with E-state index in [1.165, 1.54) is 29.2 Å². The summed E-state index contributed by atoms with van der Waals surface area (Å²) in [6.07, 6.45) is 1.44. The van der Waals surface area contributed by atoms with Crippen molar-refractivity contribution in [3.63, 3.8) is 0 Å². The van der Waals surface area contributed by atoms with Crippen LogP contribution in [0.15, 0.2) is 66.4 Å². The predicted octanol–water partition coefficient (Wildman–Crippen LogP) is 3.26. The van der Waals surface area contributed by atoms with Crippen LogP contribution in [-0.4, -0.2) is 28.9 Å². The van der Waals surface area contributed by atoms with E-state index < -0.39 is 22.3 Å². The van der Waals surface area contributed by atoms with Gasteiger partial charge in [0.25, 0.3) is 11.6 Å². The van der Waals surface area contributed by atoms with Gasteiger partial charge >= 0.3 is 5.97 Å². The van der Waals surface area contributed by atoms with Crippen LogP contribution in [0.1, 0.15) is 13.8 Å². The summed E-state index contributed by atoms with van der Waals surface area (Å²) in [6, 6.07) is 14.7. The number of nitro groups is 1. The van der Waals surface area contributed by atoms with Crippen molar-refractivity contribution >= 4 is 28.9 Å². The summed E-state index contributed by atoms with van der Waals surface area (Å²) >= 11 is 0. The molecule has 8 nitrogen and oxygen atoms in total. The zero-order chi connectivity index (χ0) is 20.3. The van der Waals surface area contributed by atoms with Crippen LogP contribution in [0, 0.1) is 10.1 Å². The number of hydrogen-bond donors (Lipinski definition) is 1. The fraction of sp³-hybridized carbons (Fsp3) is 0.200. The van der Waals surface area contributed by atoms with Gasteiger partial charge in [-0.2, -0.15) is 0 Å². The average Bonchev–Trinajstić information content (AvgIpc) is 2.94. The van der Waals surface area contributed by atoms with E-state index in [1.807, 2.05) is 0 Å². The van der Waals surface area contributed by atoms with Crippen LogP contribution in [0.5, 0.6) is 0 Å². The number of esters is 1. The van der Waals surface area contributed by atoms with Crippen LogP contribution >= 0.6 is 0 Å². The standard InChI is InChI=1S/C20H19N3O5/c1-3-28-19(25)20(2)13-16(18(24)22(20)14-9-5-4-6-10-14)21-15-11-7-8-12-17(15)23(26)27/h4-13,21H,3H2,1-2H3/t20-/m0/s1. The summed E-state index contributed by atoms with van der Waals surface area (Å²) in [5.41, 5.74) is -0.826. The molecule has 28 heavy (non-hydrogen) atoms. The van der Waals surface area contributed by atoms with Gasteiger partial charge in [0, 0.05) is 11.8 Å². The minimum Gasteiger partial charge on any atom is -0.464 e. The van der Waals surface area contributed by atoms with E-state index in [0.29, 0.717) is 5.69 Å². The lowest BCUT2D eigenvalue weighted by Crippen LogP contribution is -2.51. The lowest BCUT2D eigenvalue weighted by molar-refractivity contribution is -0.383. The number of nitrogens with zero attached hydrogens (tertiary/aromatic N) is 2. The van der Waals surface area contributed by atoms with Gasteiger partial charge in [0.15, 0.2) is 5.54 Å². The molecule has 0 radical (unpaired) electrons. The molecule has 1 amide bonds.